The Morgan fingerprint density at radius 1 is 1.17 bits per heavy atom. The molecule has 2 N–H and O–H groups in total. The largest absolute Gasteiger partial charge is 0.335 e. The van der Waals surface area contributed by atoms with E-state index in [4.69, 9.17) is 11.1 Å². The van der Waals surface area contributed by atoms with Crippen molar-refractivity contribution >= 4 is 23.5 Å². The molecule has 0 aliphatic rings. The number of nitrogen functional groups attached to an aromatic ring is 1. The summed E-state index contributed by atoms with van der Waals surface area (Å²) in [5, 5.41) is 17.7. The molecule has 0 spiro atoms. The number of hydrogen-bond acceptors (Lipinski definition) is 6. The highest BCUT2D eigenvalue weighted by atomic mass is 32.2. The van der Waals surface area contributed by atoms with Crippen molar-refractivity contribution in [1.82, 2.24) is 14.9 Å². The van der Waals surface area contributed by atoms with Gasteiger partial charge in [0.15, 0.2) is 0 Å². The molecule has 18 heavy (non-hydrogen) atoms. The Morgan fingerprint density at radius 2 is 1.83 bits per heavy atom. The molecule has 0 radical (unpaired) electrons. The van der Waals surface area contributed by atoms with Crippen molar-refractivity contribution in [3.05, 3.63) is 35.9 Å². The molecule has 0 fully saturated rings. The fraction of sp³-hybridized carbons (Fsp3) is 0.182. The molecule has 1 aromatic heterocycles. The van der Waals surface area contributed by atoms with Gasteiger partial charge in [-0.25, -0.2) is 4.68 Å². The molecule has 0 atom stereocenters. The zero-order chi connectivity index (χ0) is 12.8. The Balaban J connectivity index is 1.98. The summed E-state index contributed by atoms with van der Waals surface area (Å²) in [5.41, 5.74) is 1.21. The van der Waals surface area contributed by atoms with Crippen LogP contribution < -0.4 is 5.84 Å². The van der Waals surface area contributed by atoms with Crippen LogP contribution in [0.15, 0.2) is 40.6 Å². The van der Waals surface area contributed by atoms with Gasteiger partial charge in [-0.1, -0.05) is 53.9 Å². The summed E-state index contributed by atoms with van der Waals surface area (Å²) in [7, 11) is 0. The number of benzene rings is 1. The van der Waals surface area contributed by atoms with E-state index in [9.17, 15) is 0 Å². The smallest absolute Gasteiger partial charge is 0.211 e. The number of hydrogen-bond donors (Lipinski definition) is 1. The molecule has 0 aliphatic carbocycles. The van der Waals surface area contributed by atoms with Crippen molar-refractivity contribution in [1.29, 1.82) is 5.26 Å². The fourth-order valence-corrected chi connectivity index (χ4v) is 2.67. The molecule has 7 heteroatoms. The van der Waals surface area contributed by atoms with Crippen molar-refractivity contribution in [2.45, 2.75) is 16.1 Å². The van der Waals surface area contributed by atoms with E-state index in [1.807, 2.05) is 24.3 Å². The van der Waals surface area contributed by atoms with Crippen molar-refractivity contribution in [2.75, 3.05) is 11.6 Å². The summed E-state index contributed by atoms with van der Waals surface area (Å²) in [4.78, 5) is 0. The van der Waals surface area contributed by atoms with Crippen molar-refractivity contribution < 1.29 is 0 Å². The van der Waals surface area contributed by atoms with E-state index in [1.165, 1.54) is 33.8 Å². The molecule has 0 aliphatic heterocycles. The fourth-order valence-electron chi connectivity index (χ4n) is 1.28. The zero-order valence-corrected chi connectivity index (χ0v) is 11.1. The summed E-state index contributed by atoms with van der Waals surface area (Å²) in [6, 6.07) is 12.1. The first-order valence-corrected chi connectivity index (χ1v) is 7.15. The lowest BCUT2D eigenvalue weighted by Crippen LogP contribution is -2.11. The van der Waals surface area contributed by atoms with Crippen LogP contribution in [0, 0.1) is 11.3 Å². The molecule has 5 nitrogen and oxygen atoms in total. The number of thioether (sulfide) groups is 2. The monoisotopic (exact) mass is 277 g/mol. The molecular formula is C11H11N5S2. The second kappa shape index (κ2) is 6.33. The standard InChI is InChI=1S/C11H11N5S2/c12-6-7-17-10-14-15-11(16(10)13)18-8-9-4-2-1-3-5-9/h1-5H,7-8,13H2. The third kappa shape index (κ3) is 3.18. The maximum Gasteiger partial charge on any atom is 0.211 e. The van der Waals surface area contributed by atoms with Crippen LogP contribution in [0.1, 0.15) is 5.56 Å². The highest BCUT2D eigenvalue weighted by Gasteiger charge is 2.10. The van der Waals surface area contributed by atoms with E-state index in [1.54, 1.807) is 0 Å². The number of nitriles is 1. The van der Waals surface area contributed by atoms with Crippen LogP contribution in [-0.4, -0.2) is 20.6 Å². The van der Waals surface area contributed by atoms with E-state index in [2.05, 4.69) is 22.3 Å². The minimum absolute atomic E-state index is 0.318. The van der Waals surface area contributed by atoms with Gasteiger partial charge in [0.2, 0.25) is 10.3 Å². The van der Waals surface area contributed by atoms with Gasteiger partial charge in [-0.15, -0.1) is 10.2 Å². The van der Waals surface area contributed by atoms with Crippen LogP contribution in [0.2, 0.25) is 0 Å². The molecular weight excluding hydrogens is 266 g/mol. The minimum Gasteiger partial charge on any atom is -0.335 e. The van der Waals surface area contributed by atoms with Gasteiger partial charge in [-0.05, 0) is 5.56 Å². The summed E-state index contributed by atoms with van der Waals surface area (Å²) in [6.07, 6.45) is 0. The van der Waals surface area contributed by atoms with Gasteiger partial charge in [0, 0.05) is 5.75 Å². The van der Waals surface area contributed by atoms with Crippen LogP contribution in [0.3, 0.4) is 0 Å². The molecule has 0 saturated carbocycles. The maximum atomic E-state index is 8.50. The van der Waals surface area contributed by atoms with Crippen LogP contribution in [0.4, 0.5) is 0 Å². The summed E-state index contributed by atoms with van der Waals surface area (Å²) >= 11 is 2.80. The molecule has 1 heterocycles. The van der Waals surface area contributed by atoms with E-state index in [0.29, 0.717) is 16.1 Å². The Kier molecular flexibility index (Phi) is 4.50. The van der Waals surface area contributed by atoms with Gasteiger partial charge >= 0.3 is 0 Å². The van der Waals surface area contributed by atoms with Crippen LogP contribution in [-0.2, 0) is 5.75 Å². The second-order valence-corrected chi connectivity index (χ2v) is 5.24. The Labute approximate surface area is 113 Å². The predicted molar refractivity (Wildman–Crippen MR) is 72.5 cm³/mol. The van der Waals surface area contributed by atoms with Crippen LogP contribution in [0.25, 0.3) is 0 Å². The number of aromatic nitrogens is 3. The Morgan fingerprint density at radius 3 is 2.50 bits per heavy atom. The molecule has 0 saturated heterocycles. The van der Waals surface area contributed by atoms with Crippen molar-refractivity contribution in [3.8, 4) is 6.07 Å². The molecule has 0 amide bonds. The van der Waals surface area contributed by atoms with Gasteiger partial charge in [0.25, 0.3) is 0 Å². The van der Waals surface area contributed by atoms with E-state index in [-0.39, 0.29) is 0 Å². The first-order valence-electron chi connectivity index (χ1n) is 5.18. The van der Waals surface area contributed by atoms with Crippen molar-refractivity contribution in [3.63, 3.8) is 0 Å². The van der Waals surface area contributed by atoms with Crippen molar-refractivity contribution in [2.24, 2.45) is 0 Å². The van der Waals surface area contributed by atoms with Gasteiger partial charge in [-0.3, -0.25) is 0 Å². The summed E-state index contributed by atoms with van der Waals surface area (Å²) in [5.74, 6) is 6.96. The van der Waals surface area contributed by atoms with E-state index >= 15 is 0 Å². The lowest BCUT2D eigenvalue weighted by Gasteiger charge is -2.02. The maximum absolute atomic E-state index is 8.50. The normalized spacial score (nSPS) is 10.2. The lowest BCUT2D eigenvalue weighted by molar-refractivity contribution is 0.782. The number of rotatable bonds is 5. The molecule has 2 aromatic rings. The summed E-state index contributed by atoms with van der Waals surface area (Å²) in [6.45, 7) is 0. The molecule has 0 bridgehead atoms. The SMILES string of the molecule is N#CCSc1nnc(SCc2ccccc2)n1N. The molecule has 92 valence electrons. The highest BCUT2D eigenvalue weighted by Crippen LogP contribution is 2.23. The number of nitrogens with two attached hydrogens (primary N) is 1. The van der Waals surface area contributed by atoms with Gasteiger partial charge in [-0.2, -0.15) is 5.26 Å². The van der Waals surface area contributed by atoms with Crippen LogP contribution >= 0.6 is 23.5 Å². The Bertz CT molecular complexity index is 546. The molecule has 2 rings (SSSR count). The third-order valence-corrected chi connectivity index (χ3v) is 3.93. The lowest BCUT2D eigenvalue weighted by atomic mass is 10.2. The van der Waals surface area contributed by atoms with E-state index < -0.39 is 0 Å². The average molecular weight is 277 g/mol. The highest BCUT2D eigenvalue weighted by molar-refractivity contribution is 7.99. The molecule has 1 aromatic carbocycles. The predicted octanol–water partition coefficient (Wildman–Crippen LogP) is 1.90. The second-order valence-electron chi connectivity index (χ2n) is 3.36. The topological polar surface area (TPSA) is 80.5 Å². The first-order chi connectivity index (χ1) is 8.81. The zero-order valence-electron chi connectivity index (χ0n) is 9.48. The quantitative estimate of drug-likeness (QED) is 0.664. The van der Waals surface area contributed by atoms with Crippen LogP contribution in [0.5, 0.6) is 0 Å². The minimum atomic E-state index is 0.318. The number of nitrogens with zero attached hydrogens (tertiary/aromatic N) is 4. The third-order valence-electron chi connectivity index (χ3n) is 2.11. The molecule has 0 unspecified atom stereocenters. The van der Waals surface area contributed by atoms with Gasteiger partial charge < -0.3 is 5.84 Å². The average Bonchev–Trinajstić information content (AvgIpc) is 2.76. The van der Waals surface area contributed by atoms with Gasteiger partial charge in [0.1, 0.15) is 0 Å². The van der Waals surface area contributed by atoms with E-state index in [0.717, 1.165) is 5.75 Å². The Hall–Kier alpha value is -1.65. The van der Waals surface area contributed by atoms with Gasteiger partial charge in [0.05, 0.1) is 11.8 Å². The first kappa shape index (κ1) is 12.8. The summed E-state index contributed by atoms with van der Waals surface area (Å²) < 4.78 is 1.43.